The first-order valence-electron chi connectivity index (χ1n) is 9.30. The molecule has 1 saturated heterocycles. The van der Waals surface area contributed by atoms with Crippen LogP contribution in [0.5, 0.6) is 0 Å². The molecule has 1 fully saturated rings. The Morgan fingerprint density at radius 1 is 1.35 bits per heavy atom. The Labute approximate surface area is 174 Å². The number of hydrogen-bond acceptors (Lipinski definition) is 5. The molecule has 3 unspecified atom stereocenters. The molecule has 0 radical (unpaired) electrons. The summed E-state index contributed by atoms with van der Waals surface area (Å²) in [5.41, 5.74) is 5.81. The molecule has 1 aliphatic heterocycles. The van der Waals surface area contributed by atoms with Gasteiger partial charge in [0.25, 0.3) is 5.91 Å². The number of anilines is 2. The molecule has 164 valence electrons. The number of hydrogen-bond donors (Lipinski definition) is 3. The lowest BCUT2D eigenvalue weighted by atomic mass is 9.84. The Kier molecular flexibility index (Phi) is 6.33. The van der Waals surface area contributed by atoms with Crippen molar-refractivity contribution in [3.8, 4) is 6.07 Å². The molecule has 3 rings (SSSR count). The number of halogens is 3. The first kappa shape index (κ1) is 21.9. The second kappa shape index (κ2) is 8.95. The third-order valence-corrected chi connectivity index (χ3v) is 5.15. The predicted molar refractivity (Wildman–Crippen MR) is 102 cm³/mol. The number of benzene rings is 1. The molecule has 0 aliphatic carbocycles. The van der Waals surface area contributed by atoms with Gasteiger partial charge in [-0.05, 0) is 30.7 Å². The number of rotatable bonds is 6. The monoisotopic (exact) mass is 436 g/mol. The maximum absolute atomic E-state index is 13.1. The molecule has 4 N–H and O–H groups in total. The van der Waals surface area contributed by atoms with Gasteiger partial charge in [0.1, 0.15) is 11.4 Å². The van der Waals surface area contributed by atoms with E-state index in [1.807, 2.05) is 6.07 Å². The fourth-order valence-corrected chi connectivity index (χ4v) is 3.73. The Balaban J connectivity index is 1.95. The van der Waals surface area contributed by atoms with Crippen LogP contribution in [-0.4, -0.2) is 50.8 Å². The second-order valence-electron chi connectivity index (χ2n) is 7.05. The highest BCUT2D eigenvalue weighted by molar-refractivity contribution is 5.98. The zero-order valence-electron chi connectivity index (χ0n) is 16.1. The summed E-state index contributed by atoms with van der Waals surface area (Å²) in [5, 5.41) is 26.1. The number of piperidine rings is 1. The van der Waals surface area contributed by atoms with Crippen molar-refractivity contribution in [2.75, 3.05) is 11.9 Å². The summed E-state index contributed by atoms with van der Waals surface area (Å²) in [7, 11) is 0. The molecule has 1 aromatic carbocycles. The summed E-state index contributed by atoms with van der Waals surface area (Å²) >= 11 is 0. The van der Waals surface area contributed by atoms with Gasteiger partial charge < -0.3 is 21.1 Å². The van der Waals surface area contributed by atoms with Crippen molar-refractivity contribution >= 4 is 23.5 Å². The molecule has 2 aromatic rings. The molecule has 3 atom stereocenters. The van der Waals surface area contributed by atoms with E-state index in [-0.39, 0.29) is 24.3 Å². The molecular formula is C19H19F3N6O3. The number of nitriles is 1. The standard InChI is InChI=1S/C19H19F3N6O3/c20-10-1-3-11(4-2-10)25-18-13(17(24)29)9-28(26-18)14-5-6-27(19(30)31)15(7-16(21)22)12(14)8-23/h1-4,9,12,14-16H,5-7H2,(H2,24,29)(H,25,26)(H,30,31). The molecule has 1 aliphatic rings. The molecule has 0 saturated carbocycles. The summed E-state index contributed by atoms with van der Waals surface area (Å²) in [6.45, 7) is -0.0813. The van der Waals surface area contributed by atoms with E-state index >= 15 is 0 Å². The van der Waals surface area contributed by atoms with Gasteiger partial charge in [-0.25, -0.2) is 18.0 Å². The van der Waals surface area contributed by atoms with Crippen LogP contribution >= 0.6 is 0 Å². The summed E-state index contributed by atoms with van der Waals surface area (Å²) < 4.78 is 40.6. The summed E-state index contributed by atoms with van der Waals surface area (Å²) in [6, 6.07) is 5.17. The molecule has 0 spiro atoms. The van der Waals surface area contributed by atoms with Gasteiger partial charge in [-0.15, -0.1) is 0 Å². The van der Waals surface area contributed by atoms with E-state index in [1.165, 1.54) is 35.1 Å². The fourth-order valence-electron chi connectivity index (χ4n) is 3.73. The predicted octanol–water partition coefficient (Wildman–Crippen LogP) is 2.95. The van der Waals surface area contributed by atoms with E-state index in [9.17, 15) is 33.1 Å². The second-order valence-corrected chi connectivity index (χ2v) is 7.05. The summed E-state index contributed by atoms with van der Waals surface area (Å²) in [6.07, 6.45) is -3.58. The maximum atomic E-state index is 13.1. The number of nitrogens with zero attached hydrogens (tertiary/aromatic N) is 4. The summed E-state index contributed by atoms with van der Waals surface area (Å²) in [4.78, 5) is 24.2. The first-order chi connectivity index (χ1) is 14.7. The van der Waals surface area contributed by atoms with E-state index < -0.39 is 48.7 Å². The fraction of sp³-hybridized carbons (Fsp3) is 0.368. The van der Waals surface area contributed by atoms with Crippen LogP contribution in [0.4, 0.5) is 29.5 Å². The molecule has 2 amide bonds. The van der Waals surface area contributed by atoms with E-state index in [0.29, 0.717) is 5.69 Å². The zero-order chi connectivity index (χ0) is 22.7. The largest absolute Gasteiger partial charge is 0.465 e. The lowest BCUT2D eigenvalue weighted by Gasteiger charge is -2.41. The van der Waals surface area contributed by atoms with Crippen molar-refractivity contribution in [3.05, 3.63) is 41.8 Å². The maximum Gasteiger partial charge on any atom is 0.407 e. The van der Waals surface area contributed by atoms with Gasteiger partial charge in [0, 0.05) is 24.8 Å². The molecular weight excluding hydrogens is 417 g/mol. The van der Waals surface area contributed by atoms with Crippen LogP contribution in [-0.2, 0) is 0 Å². The van der Waals surface area contributed by atoms with Crippen LogP contribution in [0.25, 0.3) is 0 Å². The minimum Gasteiger partial charge on any atom is -0.465 e. The van der Waals surface area contributed by atoms with Crippen LogP contribution in [0, 0.1) is 23.1 Å². The minimum absolute atomic E-state index is 0.0212. The van der Waals surface area contributed by atoms with Crippen LogP contribution in [0.15, 0.2) is 30.5 Å². The number of alkyl halides is 2. The van der Waals surface area contributed by atoms with Crippen molar-refractivity contribution in [1.82, 2.24) is 14.7 Å². The van der Waals surface area contributed by atoms with Gasteiger partial charge in [0.15, 0.2) is 5.82 Å². The van der Waals surface area contributed by atoms with Crippen LogP contribution in [0.2, 0.25) is 0 Å². The molecule has 31 heavy (non-hydrogen) atoms. The normalized spacial score (nSPS) is 21.0. The average molecular weight is 436 g/mol. The highest BCUT2D eigenvalue weighted by Crippen LogP contribution is 2.36. The van der Waals surface area contributed by atoms with Crippen molar-refractivity contribution in [3.63, 3.8) is 0 Å². The number of aromatic nitrogens is 2. The van der Waals surface area contributed by atoms with Crippen molar-refractivity contribution in [1.29, 1.82) is 5.26 Å². The average Bonchev–Trinajstić information content (AvgIpc) is 3.12. The van der Waals surface area contributed by atoms with Crippen molar-refractivity contribution in [2.45, 2.75) is 31.4 Å². The SMILES string of the molecule is N#CC1C(CC(F)F)N(C(=O)O)CCC1n1cc(C(N)=O)c(Nc2ccc(F)cc2)n1. The lowest BCUT2D eigenvalue weighted by Crippen LogP contribution is -2.52. The zero-order valence-corrected chi connectivity index (χ0v) is 16.1. The molecule has 12 heteroatoms. The smallest absolute Gasteiger partial charge is 0.407 e. The Hall–Kier alpha value is -3.75. The van der Waals surface area contributed by atoms with Gasteiger partial charge >= 0.3 is 6.09 Å². The number of likely N-dealkylation sites (tertiary alicyclic amines) is 1. The molecule has 0 bridgehead atoms. The number of amides is 2. The topological polar surface area (TPSA) is 137 Å². The third-order valence-electron chi connectivity index (χ3n) is 5.15. The molecule has 1 aromatic heterocycles. The van der Waals surface area contributed by atoms with Crippen LogP contribution in [0.3, 0.4) is 0 Å². The summed E-state index contributed by atoms with van der Waals surface area (Å²) in [5.74, 6) is -2.37. The van der Waals surface area contributed by atoms with Gasteiger partial charge in [-0.2, -0.15) is 10.4 Å². The highest BCUT2D eigenvalue weighted by atomic mass is 19.3. The molecule has 9 nitrogen and oxygen atoms in total. The van der Waals surface area contributed by atoms with E-state index in [4.69, 9.17) is 5.73 Å². The van der Waals surface area contributed by atoms with Gasteiger partial charge in [0.2, 0.25) is 6.43 Å². The van der Waals surface area contributed by atoms with Crippen LogP contribution in [0.1, 0.15) is 29.2 Å². The van der Waals surface area contributed by atoms with E-state index in [0.717, 1.165) is 4.90 Å². The Morgan fingerprint density at radius 3 is 2.58 bits per heavy atom. The number of carbonyl (C=O) groups is 2. The number of carboxylic acid groups (broad SMARTS) is 1. The van der Waals surface area contributed by atoms with Crippen molar-refractivity contribution < 1.29 is 27.9 Å². The number of carbonyl (C=O) groups excluding carboxylic acids is 1. The molecule has 2 heterocycles. The third kappa shape index (κ3) is 4.71. The number of primary amides is 1. The van der Waals surface area contributed by atoms with Gasteiger partial charge in [-0.1, -0.05) is 0 Å². The Morgan fingerprint density at radius 2 is 2.03 bits per heavy atom. The minimum atomic E-state index is -2.81. The lowest BCUT2D eigenvalue weighted by molar-refractivity contribution is 0.0271. The van der Waals surface area contributed by atoms with Gasteiger partial charge in [0.05, 0.1) is 24.1 Å². The van der Waals surface area contributed by atoms with Gasteiger partial charge in [-0.3, -0.25) is 9.48 Å². The van der Waals surface area contributed by atoms with Crippen LogP contribution < -0.4 is 11.1 Å². The first-order valence-corrected chi connectivity index (χ1v) is 9.30. The van der Waals surface area contributed by atoms with E-state index in [2.05, 4.69) is 10.4 Å². The number of nitrogens with two attached hydrogens (primary N) is 1. The quantitative estimate of drug-likeness (QED) is 0.637. The Bertz CT molecular complexity index is 1000. The number of nitrogens with one attached hydrogen (secondary N) is 1. The van der Waals surface area contributed by atoms with Crippen molar-refractivity contribution in [2.24, 2.45) is 11.7 Å². The highest BCUT2D eigenvalue weighted by Gasteiger charge is 2.43. The van der Waals surface area contributed by atoms with E-state index in [1.54, 1.807) is 0 Å².